The van der Waals surface area contributed by atoms with Crippen molar-refractivity contribution in [2.24, 2.45) is 7.05 Å². The fourth-order valence-corrected chi connectivity index (χ4v) is 2.87. The molecular weight excluding hydrogens is 323 g/mol. The number of halogens is 2. The van der Waals surface area contributed by atoms with Crippen LogP contribution in [0.25, 0.3) is 0 Å². The molecule has 6 nitrogen and oxygen atoms in total. The van der Waals surface area contributed by atoms with Crippen molar-refractivity contribution in [1.29, 1.82) is 0 Å². The highest BCUT2D eigenvalue weighted by Crippen LogP contribution is 2.17. The number of aryl methyl sites for hydroxylation is 2. The minimum atomic E-state index is -0.621. The normalized spacial score (nSPS) is 17.4. The van der Waals surface area contributed by atoms with E-state index in [1.54, 1.807) is 11.6 Å². The van der Waals surface area contributed by atoms with E-state index in [2.05, 4.69) is 10.4 Å². The summed E-state index contributed by atoms with van der Waals surface area (Å²) in [5.41, 5.74) is 0.0801. The maximum Gasteiger partial charge on any atom is 0.345 e. The Kier molecular flexibility index (Phi) is 4.21. The number of hydrogen-bond acceptors (Lipinski definition) is 3. The number of benzene rings is 1. The predicted molar refractivity (Wildman–Crippen MR) is 83.1 cm³/mol. The molecule has 122 valence electrons. The Balaban J connectivity index is 1.68. The molecule has 1 aliphatic heterocycles. The lowest BCUT2D eigenvalue weighted by molar-refractivity contribution is 0.0932. The van der Waals surface area contributed by atoms with E-state index < -0.39 is 5.82 Å². The summed E-state index contributed by atoms with van der Waals surface area (Å²) in [6.45, 7) is 0.502. The molecule has 3 rings (SSSR count). The third-order valence-electron chi connectivity index (χ3n) is 4.02. The lowest BCUT2D eigenvalue weighted by atomic mass is 10.1. The van der Waals surface area contributed by atoms with Gasteiger partial charge in [0, 0.05) is 31.6 Å². The summed E-state index contributed by atoms with van der Waals surface area (Å²) in [5, 5.41) is 7.06. The highest BCUT2D eigenvalue weighted by atomic mass is 35.5. The number of fused-ring (bicyclic) bond motifs is 1. The quantitative estimate of drug-likeness (QED) is 0.902. The number of hydrogen-bond donors (Lipinski definition) is 1. The second kappa shape index (κ2) is 6.16. The van der Waals surface area contributed by atoms with Gasteiger partial charge in [-0.05, 0) is 31.0 Å². The first-order valence-corrected chi connectivity index (χ1v) is 7.72. The van der Waals surface area contributed by atoms with E-state index in [9.17, 15) is 14.0 Å². The summed E-state index contributed by atoms with van der Waals surface area (Å²) in [4.78, 5) is 24.1. The highest BCUT2D eigenvalue weighted by Gasteiger charge is 2.22. The molecule has 2 heterocycles. The van der Waals surface area contributed by atoms with E-state index in [1.165, 1.54) is 16.8 Å². The standard InChI is InChI=1S/C15H16ClFN4O2/c1-20-15(23)21-7-6-10(3-5-13(21)19-20)18-14(22)9-2-4-11(16)12(17)8-9/h2,4,8,10H,3,5-7H2,1H3,(H,18,22). The first kappa shape index (κ1) is 15.7. The third kappa shape index (κ3) is 3.14. The van der Waals surface area contributed by atoms with E-state index in [4.69, 9.17) is 11.6 Å². The van der Waals surface area contributed by atoms with Gasteiger partial charge < -0.3 is 5.32 Å². The van der Waals surface area contributed by atoms with Gasteiger partial charge in [-0.3, -0.25) is 9.36 Å². The molecule has 2 aromatic rings. The average molecular weight is 339 g/mol. The van der Waals surface area contributed by atoms with Crippen molar-refractivity contribution in [3.8, 4) is 0 Å². The summed E-state index contributed by atoms with van der Waals surface area (Å²) in [5.74, 6) is -0.242. The lowest BCUT2D eigenvalue weighted by Crippen LogP contribution is -2.35. The van der Waals surface area contributed by atoms with Gasteiger partial charge in [0.2, 0.25) is 0 Å². The van der Waals surface area contributed by atoms with Crippen LogP contribution in [0.1, 0.15) is 29.0 Å². The molecule has 0 fully saturated rings. The van der Waals surface area contributed by atoms with Crippen LogP contribution in [0, 0.1) is 5.82 Å². The number of nitrogens with zero attached hydrogens (tertiary/aromatic N) is 3. The van der Waals surface area contributed by atoms with E-state index in [0.29, 0.717) is 25.8 Å². The second-order valence-corrected chi connectivity index (χ2v) is 6.01. The number of aromatic nitrogens is 3. The molecule has 0 bridgehead atoms. The number of carbonyl (C=O) groups is 1. The molecule has 1 aromatic heterocycles. The molecule has 0 radical (unpaired) electrons. The van der Waals surface area contributed by atoms with Crippen molar-refractivity contribution in [3.63, 3.8) is 0 Å². The highest BCUT2D eigenvalue weighted by molar-refractivity contribution is 6.30. The molecule has 8 heteroatoms. The van der Waals surface area contributed by atoms with E-state index in [1.807, 2.05) is 0 Å². The molecule has 1 atom stereocenters. The molecule has 1 N–H and O–H groups in total. The molecule has 1 aliphatic rings. The summed E-state index contributed by atoms with van der Waals surface area (Å²) in [6.07, 6.45) is 1.91. The first-order valence-electron chi connectivity index (χ1n) is 7.34. The van der Waals surface area contributed by atoms with Crippen molar-refractivity contribution < 1.29 is 9.18 Å². The van der Waals surface area contributed by atoms with Gasteiger partial charge in [0.1, 0.15) is 11.6 Å². The minimum absolute atomic E-state index is 0.0164. The van der Waals surface area contributed by atoms with Crippen LogP contribution >= 0.6 is 11.6 Å². The topological polar surface area (TPSA) is 68.9 Å². The SMILES string of the molecule is Cn1nc2n(c1=O)CCC(NC(=O)c1ccc(Cl)c(F)c1)CC2. The molecule has 1 amide bonds. The minimum Gasteiger partial charge on any atom is -0.349 e. The van der Waals surface area contributed by atoms with Gasteiger partial charge in [-0.25, -0.2) is 13.9 Å². The van der Waals surface area contributed by atoms with Gasteiger partial charge in [-0.15, -0.1) is 0 Å². The van der Waals surface area contributed by atoms with Crippen molar-refractivity contribution in [1.82, 2.24) is 19.7 Å². The van der Waals surface area contributed by atoms with Crippen LogP contribution in [0.2, 0.25) is 5.02 Å². The van der Waals surface area contributed by atoms with Crippen LogP contribution in [-0.4, -0.2) is 26.3 Å². The molecule has 0 saturated heterocycles. The van der Waals surface area contributed by atoms with E-state index in [0.717, 1.165) is 11.9 Å². The van der Waals surface area contributed by atoms with Crippen LogP contribution in [0.3, 0.4) is 0 Å². The Labute approximate surface area is 136 Å². The van der Waals surface area contributed by atoms with Gasteiger partial charge in [0.05, 0.1) is 5.02 Å². The zero-order chi connectivity index (χ0) is 16.6. The Morgan fingerprint density at radius 1 is 1.43 bits per heavy atom. The fraction of sp³-hybridized carbons (Fsp3) is 0.400. The summed E-state index contributed by atoms with van der Waals surface area (Å²) < 4.78 is 16.4. The van der Waals surface area contributed by atoms with Gasteiger partial charge in [0.25, 0.3) is 5.91 Å². The van der Waals surface area contributed by atoms with Gasteiger partial charge in [-0.2, -0.15) is 5.10 Å². The average Bonchev–Trinajstić information content (AvgIpc) is 2.68. The Bertz CT molecular complexity index is 814. The third-order valence-corrected chi connectivity index (χ3v) is 4.33. The van der Waals surface area contributed by atoms with Crippen LogP contribution in [0.15, 0.2) is 23.0 Å². The Morgan fingerprint density at radius 3 is 2.96 bits per heavy atom. The van der Waals surface area contributed by atoms with Crippen LogP contribution in [0.4, 0.5) is 4.39 Å². The monoisotopic (exact) mass is 338 g/mol. The first-order chi connectivity index (χ1) is 11.0. The number of nitrogens with one attached hydrogen (secondary N) is 1. The largest absolute Gasteiger partial charge is 0.349 e. The summed E-state index contributed by atoms with van der Waals surface area (Å²) in [7, 11) is 1.62. The Hall–Kier alpha value is -2.15. The molecule has 1 unspecified atom stereocenters. The zero-order valence-electron chi connectivity index (χ0n) is 12.6. The zero-order valence-corrected chi connectivity index (χ0v) is 13.3. The van der Waals surface area contributed by atoms with Crippen LogP contribution < -0.4 is 11.0 Å². The van der Waals surface area contributed by atoms with Crippen LogP contribution in [0.5, 0.6) is 0 Å². The van der Waals surface area contributed by atoms with Crippen molar-refractivity contribution in [3.05, 3.63) is 50.9 Å². The molecular formula is C15H16ClFN4O2. The van der Waals surface area contributed by atoms with Crippen molar-refractivity contribution in [2.75, 3.05) is 0 Å². The molecule has 0 aliphatic carbocycles. The maximum atomic E-state index is 13.4. The number of rotatable bonds is 2. The van der Waals surface area contributed by atoms with Gasteiger partial charge >= 0.3 is 5.69 Å². The van der Waals surface area contributed by atoms with E-state index in [-0.39, 0.29) is 28.2 Å². The van der Waals surface area contributed by atoms with Crippen molar-refractivity contribution in [2.45, 2.75) is 31.8 Å². The van der Waals surface area contributed by atoms with Gasteiger partial charge in [-0.1, -0.05) is 11.6 Å². The predicted octanol–water partition coefficient (Wildman–Crippen LogP) is 1.51. The number of carbonyl (C=O) groups excluding carboxylic acids is 1. The summed E-state index contributed by atoms with van der Waals surface area (Å²) in [6, 6.07) is 3.87. The smallest absolute Gasteiger partial charge is 0.345 e. The van der Waals surface area contributed by atoms with Crippen LogP contribution in [-0.2, 0) is 20.0 Å². The second-order valence-electron chi connectivity index (χ2n) is 5.60. The Morgan fingerprint density at radius 2 is 2.22 bits per heavy atom. The van der Waals surface area contributed by atoms with Crippen molar-refractivity contribution >= 4 is 17.5 Å². The summed E-state index contributed by atoms with van der Waals surface area (Å²) >= 11 is 5.62. The molecule has 23 heavy (non-hydrogen) atoms. The fourth-order valence-electron chi connectivity index (χ4n) is 2.75. The molecule has 1 aromatic carbocycles. The lowest BCUT2D eigenvalue weighted by Gasteiger charge is -2.16. The molecule has 0 spiro atoms. The maximum absolute atomic E-state index is 13.4. The van der Waals surface area contributed by atoms with E-state index >= 15 is 0 Å². The number of amides is 1. The van der Waals surface area contributed by atoms with Gasteiger partial charge in [0.15, 0.2) is 0 Å². The molecule has 0 saturated carbocycles.